The number of ether oxygens (including phenoxy) is 3. The van der Waals surface area contributed by atoms with E-state index in [0.717, 1.165) is 10.6 Å². The third-order valence-electron chi connectivity index (χ3n) is 4.25. The molecule has 1 fully saturated rings. The number of methoxy groups -OCH3 is 1. The summed E-state index contributed by atoms with van der Waals surface area (Å²) in [6, 6.07) is 16.8. The molecular weight excluding hydrogens is 351 g/mol. The standard InChI is InChI=1S/C20H21O5P/c1-20(2)13-24-18(21)17(20)25-19(22)26(14-9-5-4-6-10-14)16-12-8-7-11-15(16)23-3/h4-12,17H,13H2,1-3H3/t17-,26+/m0/s1. The Labute approximate surface area is 154 Å². The molecule has 0 spiro atoms. The van der Waals surface area contributed by atoms with E-state index in [4.69, 9.17) is 14.2 Å². The molecule has 0 aliphatic carbocycles. The summed E-state index contributed by atoms with van der Waals surface area (Å²) < 4.78 is 16.2. The van der Waals surface area contributed by atoms with Gasteiger partial charge >= 0.3 is 11.7 Å². The summed E-state index contributed by atoms with van der Waals surface area (Å²) in [5.74, 6) is 0.124. The zero-order valence-corrected chi connectivity index (χ0v) is 15.9. The van der Waals surface area contributed by atoms with Crippen LogP contribution in [0.1, 0.15) is 13.8 Å². The summed E-state index contributed by atoms with van der Waals surface area (Å²) in [6.07, 6.45) is -0.904. The van der Waals surface area contributed by atoms with Crippen LogP contribution in [0, 0.1) is 5.41 Å². The SMILES string of the molecule is COc1ccccc1[P@](C(=O)O[C@H]1C(=O)OCC1(C)C)c1ccccc1. The molecule has 2 aromatic rings. The fourth-order valence-corrected chi connectivity index (χ4v) is 4.81. The van der Waals surface area contributed by atoms with Gasteiger partial charge in [-0.2, -0.15) is 0 Å². The molecule has 1 aliphatic rings. The van der Waals surface area contributed by atoms with Crippen LogP contribution < -0.4 is 15.3 Å². The smallest absolute Gasteiger partial charge is 0.348 e. The second kappa shape index (κ2) is 7.46. The van der Waals surface area contributed by atoms with E-state index < -0.39 is 31.1 Å². The van der Waals surface area contributed by atoms with E-state index in [2.05, 4.69) is 0 Å². The Hall–Kier alpha value is -2.39. The Kier molecular flexibility index (Phi) is 5.28. The second-order valence-electron chi connectivity index (χ2n) is 6.70. The maximum Gasteiger partial charge on any atom is 0.348 e. The Morgan fingerprint density at radius 1 is 1.12 bits per heavy atom. The van der Waals surface area contributed by atoms with Gasteiger partial charge in [-0.3, -0.25) is 0 Å². The number of rotatable bonds is 5. The largest absolute Gasteiger partial charge is 0.496 e. The number of esters is 1. The predicted octanol–water partition coefficient (Wildman–Crippen LogP) is 3.22. The lowest BCUT2D eigenvalue weighted by Gasteiger charge is -2.25. The van der Waals surface area contributed by atoms with Gasteiger partial charge in [0.15, 0.2) is 0 Å². The molecule has 2 atom stereocenters. The second-order valence-corrected chi connectivity index (χ2v) is 8.74. The van der Waals surface area contributed by atoms with Crippen molar-refractivity contribution < 1.29 is 23.8 Å². The van der Waals surface area contributed by atoms with Crippen LogP contribution >= 0.6 is 7.92 Å². The molecule has 0 unspecified atom stereocenters. The highest BCUT2D eigenvalue weighted by Gasteiger charge is 2.47. The van der Waals surface area contributed by atoms with Gasteiger partial charge in [0.1, 0.15) is 12.4 Å². The van der Waals surface area contributed by atoms with Crippen molar-refractivity contribution in [2.75, 3.05) is 13.7 Å². The van der Waals surface area contributed by atoms with Gasteiger partial charge in [-0.05, 0) is 17.4 Å². The van der Waals surface area contributed by atoms with Crippen LogP contribution in [0.3, 0.4) is 0 Å². The first-order valence-electron chi connectivity index (χ1n) is 8.29. The van der Waals surface area contributed by atoms with E-state index in [9.17, 15) is 9.59 Å². The molecule has 1 saturated heterocycles. The summed E-state index contributed by atoms with van der Waals surface area (Å²) in [6.45, 7) is 3.94. The van der Waals surface area contributed by atoms with Crippen LogP contribution in [0.25, 0.3) is 0 Å². The van der Waals surface area contributed by atoms with Crippen molar-refractivity contribution in [3.63, 3.8) is 0 Å². The Bertz CT molecular complexity index is 803. The molecule has 0 saturated carbocycles. The van der Waals surface area contributed by atoms with Crippen LogP contribution in [-0.4, -0.2) is 31.5 Å². The molecule has 2 aromatic carbocycles. The Morgan fingerprint density at radius 2 is 1.77 bits per heavy atom. The summed E-state index contributed by atoms with van der Waals surface area (Å²) in [5, 5.41) is 1.59. The van der Waals surface area contributed by atoms with Crippen LogP contribution in [0.15, 0.2) is 54.6 Å². The highest BCUT2D eigenvalue weighted by molar-refractivity contribution is 7.87. The minimum Gasteiger partial charge on any atom is -0.496 e. The number of carbonyl (C=O) groups is 2. The molecule has 0 N–H and O–H groups in total. The van der Waals surface area contributed by atoms with Gasteiger partial charge in [-0.1, -0.05) is 56.3 Å². The zero-order valence-electron chi connectivity index (χ0n) is 15.0. The number of benzene rings is 2. The molecule has 0 bridgehead atoms. The average molecular weight is 372 g/mol. The van der Waals surface area contributed by atoms with E-state index in [1.165, 1.54) is 0 Å². The van der Waals surface area contributed by atoms with Crippen LogP contribution in [0.2, 0.25) is 0 Å². The summed E-state index contributed by atoms with van der Waals surface area (Å²) in [4.78, 5) is 25.2. The number of hydrogen-bond donors (Lipinski definition) is 0. The van der Waals surface area contributed by atoms with Gasteiger partial charge in [0.25, 0.3) is 0 Å². The van der Waals surface area contributed by atoms with Gasteiger partial charge in [0.2, 0.25) is 6.10 Å². The molecule has 5 nitrogen and oxygen atoms in total. The summed E-state index contributed by atoms with van der Waals surface area (Å²) >= 11 is 0. The minimum atomic E-state index is -1.51. The maximum absolute atomic E-state index is 13.1. The predicted molar refractivity (Wildman–Crippen MR) is 101 cm³/mol. The van der Waals surface area contributed by atoms with Crippen LogP contribution in [0.4, 0.5) is 4.79 Å². The normalized spacial score (nSPS) is 19.5. The first-order chi connectivity index (χ1) is 12.4. The van der Waals surface area contributed by atoms with Crippen LogP contribution in [0.5, 0.6) is 5.75 Å². The maximum atomic E-state index is 13.1. The molecule has 0 radical (unpaired) electrons. The lowest BCUT2D eigenvalue weighted by molar-refractivity contribution is -0.144. The third kappa shape index (κ3) is 3.58. The molecule has 0 aromatic heterocycles. The molecule has 136 valence electrons. The summed E-state index contributed by atoms with van der Waals surface area (Å²) in [5.41, 5.74) is -0.988. The summed E-state index contributed by atoms with van der Waals surface area (Å²) in [7, 11) is 0.0603. The molecule has 26 heavy (non-hydrogen) atoms. The van der Waals surface area contributed by atoms with Gasteiger partial charge in [-0.25, -0.2) is 9.59 Å². The van der Waals surface area contributed by atoms with Gasteiger partial charge in [0, 0.05) is 10.7 Å². The molecule has 3 rings (SSSR count). The van der Waals surface area contributed by atoms with Gasteiger partial charge in [0.05, 0.1) is 15.0 Å². The molecule has 1 heterocycles. The highest BCUT2D eigenvalue weighted by atomic mass is 31.1. The molecule has 6 heteroatoms. The average Bonchev–Trinajstić information content (AvgIpc) is 2.90. The van der Waals surface area contributed by atoms with E-state index in [1.807, 2.05) is 68.4 Å². The van der Waals surface area contributed by atoms with Crippen molar-refractivity contribution in [3.8, 4) is 5.75 Å². The number of para-hydroxylation sites is 1. The molecule has 0 amide bonds. The minimum absolute atomic E-state index is 0.238. The first-order valence-corrected chi connectivity index (χ1v) is 9.63. The van der Waals surface area contributed by atoms with Gasteiger partial charge < -0.3 is 14.2 Å². The third-order valence-corrected chi connectivity index (χ3v) is 6.39. The molecule has 1 aliphatic heterocycles. The van der Waals surface area contributed by atoms with Crippen molar-refractivity contribution in [1.29, 1.82) is 0 Å². The quantitative estimate of drug-likeness (QED) is 0.596. The fourth-order valence-electron chi connectivity index (χ4n) is 2.82. The number of carbonyl (C=O) groups excluding carboxylic acids is 2. The van der Waals surface area contributed by atoms with Crippen molar-refractivity contribution in [1.82, 2.24) is 0 Å². The van der Waals surface area contributed by atoms with E-state index >= 15 is 0 Å². The van der Waals surface area contributed by atoms with Crippen molar-refractivity contribution in [2.24, 2.45) is 5.41 Å². The fraction of sp³-hybridized carbons (Fsp3) is 0.300. The number of cyclic esters (lactones) is 1. The molecular formula is C20H21O5P. The van der Waals surface area contributed by atoms with Crippen molar-refractivity contribution >= 4 is 30.2 Å². The van der Waals surface area contributed by atoms with E-state index in [-0.39, 0.29) is 6.61 Å². The zero-order chi connectivity index (χ0) is 18.7. The lowest BCUT2D eigenvalue weighted by atomic mass is 9.90. The topological polar surface area (TPSA) is 61.8 Å². The van der Waals surface area contributed by atoms with Crippen LogP contribution in [-0.2, 0) is 14.3 Å². The lowest BCUT2D eigenvalue weighted by Crippen LogP contribution is -2.35. The van der Waals surface area contributed by atoms with Gasteiger partial charge in [-0.15, -0.1) is 0 Å². The van der Waals surface area contributed by atoms with Crippen molar-refractivity contribution in [3.05, 3.63) is 54.6 Å². The monoisotopic (exact) mass is 372 g/mol. The van der Waals surface area contributed by atoms with Crippen molar-refractivity contribution in [2.45, 2.75) is 20.0 Å². The van der Waals surface area contributed by atoms with E-state index in [1.54, 1.807) is 7.11 Å². The first kappa shape index (κ1) is 18.4. The Balaban J connectivity index is 1.99. The number of hydrogen-bond acceptors (Lipinski definition) is 5. The van der Waals surface area contributed by atoms with E-state index in [0.29, 0.717) is 5.75 Å². The Morgan fingerprint density at radius 3 is 2.38 bits per heavy atom. The highest BCUT2D eigenvalue weighted by Crippen LogP contribution is 2.42.